The van der Waals surface area contributed by atoms with Gasteiger partial charge in [-0.3, -0.25) is 9.59 Å². The number of esters is 1. The van der Waals surface area contributed by atoms with Crippen molar-refractivity contribution in [1.82, 2.24) is 5.32 Å². The third-order valence-corrected chi connectivity index (χ3v) is 3.49. The smallest absolute Gasteiger partial charge is 0.326 e. The first-order valence-electron chi connectivity index (χ1n) is 6.21. The Morgan fingerprint density at radius 3 is 2.57 bits per heavy atom. The van der Waals surface area contributed by atoms with Crippen molar-refractivity contribution in [1.29, 1.82) is 0 Å². The van der Waals surface area contributed by atoms with Crippen molar-refractivity contribution in [3.8, 4) is 0 Å². The van der Waals surface area contributed by atoms with E-state index in [9.17, 15) is 14.4 Å². The molecule has 0 aliphatic rings. The second-order valence-corrected chi connectivity index (χ2v) is 5.32. The highest BCUT2D eigenvalue weighted by Crippen LogP contribution is 2.18. The van der Waals surface area contributed by atoms with Crippen molar-refractivity contribution in [2.24, 2.45) is 0 Å². The number of carbonyl (C=O) groups excluding carboxylic acids is 2. The number of benzene rings is 1. The Bertz CT molecular complexity index is 558. The molecule has 0 aliphatic carbocycles. The molecular formula is C14H16BrNO5. The van der Waals surface area contributed by atoms with E-state index in [4.69, 9.17) is 5.11 Å². The lowest BCUT2D eigenvalue weighted by Gasteiger charge is -2.14. The molecule has 0 radical (unpaired) electrons. The highest BCUT2D eigenvalue weighted by atomic mass is 79.9. The second kappa shape index (κ2) is 7.78. The Morgan fingerprint density at radius 1 is 1.38 bits per heavy atom. The molecule has 0 unspecified atom stereocenters. The summed E-state index contributed by atoms with van der Waals surface area (Å²) in [7, 11) is 1.22. The number of carboxylic acid groups (broad SMARTS) is 1. The average molecular weight is 358 g/mol. The van der Waals surface area contributed by atoms with Gasteiger partial charge in [0.05, 0.1) is 12.7 Å². The quantitative estimate of drug-likeness (QED) is 0.758. The van der Waals surface area contributed by atoms with Crippen molar-refractivity contribution in [3.05, 3.63) is 33.8 Å². The Morgan fingerprint density at radius 2 is 2.05 bits per heavy atom. The van der Waals surface area contributed by atoms with E-state index < -0.39 is 23.9 Å². The monoisotopic (exact) mass is 357 g/mol. The number of halogens is 1. The van der Waals surface area contributed by atoms with E-state index in [0.29, 0.717) is 10.0 Å². The minimum absolute atomic E-state index is 0.0305. The third kappa shape index (κ3) is 5.18. The molecule has 0 bridgehead atoms. The van der Waals surface area contributed by atoms with Gasteiger partial charge in [-0.15, -0.1) is 0 Å². The molecular weight excluding hydrogens is 342 g/mol. The summed E-state index contributed by atoms with van der Waals surface area (Å²) in [5.41, 5.74) is 1.31. The molecule has 6 nitrogen and oxygen atoms in total. The van der Waals surface area contributed by atoms with Gasteiger partial charge in [0, 0.05) is 10.9 Å². The number of aryl methyl sites for hydroxylation is 1. The maximum Gasteiger partial charge on any atom is 0.326 e. The van der Waals surface area contributed by atoms with E-state index >= 15 is 0 Å². The van der Waals surface area contributed by atoms with Crippen LogP contribution in [0.1, 0.15) is 28.8 Å². The molecule has 2 N–H and O–H groups in total. The van der Waals surface area contributed by atoms with Crippen LogP contribution < -0.4 is 5.32 Å². The fourth-order valence-corrected chi connectivity index (χ4v) is 2.34. The van der Waals surface area contributed by atoms with Crippen molar-refractivity contribution in [2.45, 2.75) is 25.8 Å². The van der Waals surface area contributed by atoms with Crippen LogP contribution in [0.5, 0.6) is 0 Å². The second-order valence-electron chi connectivity index (χ2n) is 4.46. The average Bonchev–Trinajstić information content (AvgIpc) is 2.42. The molecule has 0 heterocycles. The highest BCUT2D eigenvalue weighted by molar-refractivity contribution is 9.10. The summed E-state index contributed by atoms with van der Waals surface area (Å²) in [6.45, 7) is 1.88. The SMILES string of the molecule is COC(=O)CC[C@@H](NC(=O)c1ccc(C)cc1Br)C(=O)O. The fraction of sp³-hybridized carbons (Fsp3) is 0.357. The zero-order valence-corrected chi connectivity index (χ0v) is 13.3. The Kier molecular flexibility index (Phi) is 6.36. The van der Waals surface area contributed by atoms with Crippen LogP contribution in [0.2, 0.25) is 0 Å². The van der Waals surface area contributed by atoms with Crippen LogP contribution >= 0.6 is 15.9 Å². The first-order valence-corrected chi connectivity index (χ1v) is 7.01. The number of nitrogens with one attached hydrogen (secondary N) is 1. The molecule has 0 fully saturated rings. The van der Waals surface area contributed by atoms with Gasteiger partial charge in [0.15, 0.2) is 0 Å². The van der Waals surface area contributed by atoms with Crippen molar-refractivity contribution < 1.29 is 24.2 Å². The minimum atomic E-state index is -1.20. The summed E-state index contributed by atoms with van der Waals surface area (Å²) in [6.07, 6.45) is -0.111. The number of amides is 1. The van der Waals surface area contributed by atoms with Gasteiger partial charge >= 0.3 is 11.9 Å². The van der Waals surface area contributed by atoms with Crippen molar-refractivity contribution in [3.63, 3.8) is 0 Å². The van der Waals surface area contributed by atoms with Crippen LogP contribution in [0.15, 0.2) is 22.7 Å². The number of carboxylic acids is 1. The van der Waals surface area contributed by atoms with Gasteiger partial charge in [-0.2, -0.15) is 0 Å². The summed E-state index contributed by atoms with van der Waals surface area (Å²) in [4.78, 5) is 34.3. The number of carbonyl (C=O) groups is 3. The summed E-state index contributed by atoms with van der Waals surface area (Å²) in [5.74, 6) is -2.23. The van der Waals surface area contributed by atoms with Gasteiger partial charge in [-0.05, 0) is 47.0 Å². The molecule has 1 aromatic rings. The zero-order chi connectivity index (χ0) is 16.0. The predicted octanol–water partition coefficient (Wildman–Crippen LogP) is 1.89. The first kappa shape index (κ1) is 17.2. The number of hydrogen-bond donors (Lipinski definition) is 2. The molecule has 0 spiro atoms. The molecule has 0 aliphatic heterocycles. The maximum absolute atomic E-state index is 12.1. The lowest BCUT2D eigenvalue weighted by Crippen LogP contribution is -2.41. The lowest BCUT2D eigenvalue weighted by atomic mass is 10.1. The summed E-state index contributed by atoms with van der Waals surface area (Å²) < 4.78 is 5.03. The van der Waals surface area contributed by atoms with Gasteiger partial charge in [0.1, 0.15) is 6.04 Å². The number of ether oxygens (including phenoxy) is 1. The van der Waals surface area contributed by atoms with E-state index in [0.717, 1.165) is 5.56 Å². The predicted molar refractivity (Wildman–Crippen MR) is 79.0 cm³/mol. The van der Waals surface area contributed by atoms with Gasteiger partial charge in [-0.1, -0.05) is 6.07 Å². The molecule has 1 rings (SSSR count). The van der Waals surface area contributed by atoms with Crippen LogP contribution in [0.25, 0.3) is 0 Å². The van der Waals surface area contributed by atoms with E-state index in [2.05, 4.69) is 26.0 Å². The standard InChI is InChI=1S/C14H16BrNO5/c1-8-3-4-9(10(15)7-8)13(18)16-11(14(19)20)5-6-12(17)21-2/h3-4,7,11H,5-6H2,1-2H3,(H,16,18)(H,19,20)/t11-/m1/s1. The number of hydrogen-bond acceptors (Lipinski definition) is 4. The van der Waals surface area contributed by atoms with Crippen LogP contribution in [0.4, 0.5) is 0 Å². The number of methoxy groups -OCH3 is 1. The normalized spacial score (nSPS) is 11.6. The van der Waals surface area contributed by atoms with Gasteiger partial charge in [-0.25, -0.2) is 4.79 Å². The molecule has 0 aromatic heterocycles. The molecule has 7 heteroatoms. The topological polar surface area (TPSA) is 92.7 Å². The van der Waals surface area contributed by atoms with Crippen LogP contribution in [0.3, 0.4) is 0 Å². The van der Waals surface area contributed by atoms with Gasteiger partial charge in [0.25, 0.3) is 5.91 Å². The molecule has 114 valence electrons. The Balaban J connectivity index is 2.76. The van der Waals surface area contributed by atoms with Crippen molar-refractivity contribution >= 4 is 33.8 Å². The summed E-state index contributed by atoms with van der Waals surface area (Å²) in [5, 5.41) is 11.5. The number of rotatable bonds is 6. The lowest BCUT2D eigenvalue weighted by molar-refractivity contribution is -0.142. The molecule has 0 saturated heterocycles. The highest BCUT2D eigenvalue weighted by Gasteiger charge is 2.22. The van der Waals surface area contributed by atoms with E-state index in [-0.39, 0.29) is 12.8 Å². The summed E-state index contributed by atoms with van der Waals surface area (Å²) >= 11 is 3.27. The van der Waals surface area contributed by atoms with Gasteiger partial charge < -0.3 is 15.2 Å². The van der Waals surface area contributed by atoms with E-state index in [1.54, 1.807) is 18.2 Å². The van der Waals surface area contributed by atoms with Crippen LogP contribution in [-0.2, 0) is 14.3 Å². The van der Waals surface area contributed by atoms with Crippen molar-refractivity contribution in [2.75, 3.05) is 7.11 Å². The minimum Gasteiger partial charge on any atom is -0.480 e. The first-order chi connectivity index (χ1) is 9.85. The van der Waals surface area contributed by atoms with Crippen LogP contribution in [-0.4, -0.2) is 36.1 Å². The Hall–Kier alpha value is -1.89. The maximum atomic E-state index is 12.1. The zero-order valence-electron chi connectivity index (χ0n) is 11.7. The molecule has 1 atom stereocenters. The number of aliphatic carboxylic acids is 1. The molecule has 0 saturated carbocycles. The third-order valence-electron chi connectivity index (χ3n) is 2.84. The molecule has 1 amide bonds. The molecule has 21 heavy (non-hydrogen) atoms. The summed E-state index contributed by atoms with van der Waals surface area (Å²) in [6, 6.07) is 3.97. The van der Waals surface area contributed by atoms with E-state index in [1.165, 1.54) is 7.11 Å². The Labute approximate surface area is 130 Å². The van der Waals surface area contributed by atoms with Gasteiger partial charge in [0.2, 0.25) is 0 Å². The van der Waals surface area contributed by atoms with Crippen LogP contribution in [0, 0.1) is 6.92 Å². The largest absolute Gasteiger partial charge is 0.480 e. The molecule has 1 aromatic carbocycles. The fourth-order valence-electron chi connectivity index (χ4n) is 1.66. The van der Waals surface area contributed by atoms with E-state index in [1.807, 2.05) is 6.92 Å².